The zero-order valence-corrected chi connectivity index (χ0v) is 40.0. The van der Waals surface area contributed by atoms with Crippen LogP contribution < -0.4 is 19.9 Å². The summed E-state index contributed by atoms with van der Waals surface area (Å²) in [7, 11) is -3.40. The number of methoxy groups -OCH3 is 3. The number of rotatable bonds is 17. The molecule has 2 heterocycles. The van der Waals surface area contributed by atoms with Crippen LogP contribution in [0, 0.1) is 0 Å². The predicted octanol–water partition coefficient (Wildman–Crippen LogP) is 6.88. The van der Waals surface area contributed by atoms with Crippen molar-refractivity contribution in [2.45, 2.75) is 67.9 Å². The van der Waals surface area contributed by atoms with E-state index in [-0.39, 0.29) is 42.5 Å². The molecular weight excluding hydrogens is 899 g/mol. The molecule has 0 aliphatic rings. The molecule has 5 aromatic carbocycles. The van der Waals surface area contributed by atoms with Crippen molar-refractivity contribution >= 4 is 42.9 Å². The van der Waals surface area contributed by atoms with E-state index in [1.807, 2.05) is 12.1 Å². The molecular formula is C47H53N9O9S2. The lowest BCUT2D eigenvalue weighted by Crippen LogP contribution is -2.49. The van der Waals surface area contributed by atoms with Gasteiger partial charge in [0.1, 0.15) is 22.1 Å². The highest BCUT2D eigenvalue weighted by molar-refractivity contribution is 7.94. The zero-order valence-electron chi connectivity index (χ0n) is 38.4. The normalized spacial score (nSPS) is 12.6. The van der Waals surface area contributed by atoms with E-state index >= 15 is 16.8 Å². The number of para-hydroxylation sites is 1. The average Bonchev–Trinajstić information content (AvgIpc) is 3.89. The van der Waals surface area contributed by atoms with Crippen LogP contribution in [0.25, 0.3) is 33.5 Å². The van der Waals surface area contributed by atoms with Crippen LogP contribution in [0.15, 0.2) is 113 Å². The molecule has 7 aromatic rings. The molecule has 0 aliphatic heterocycles. The van der Waals surface area contributed by atoms with Crippen LogP contribution in [0.2, 0.25) is 0 Å². The van der Waals surface area contributed by atoms with Gasteiger partial charge in [0.2, 0.25) is 21.8 Å². The van der Waals surface area contributed by atoms with Crippen molar-refractivity contribution in [3.63, 3.8) is 0 Å². The van der Waals surface area contributed by atoms with Crippen molar-refractivity contribution in [2.24, 2.45) is 7.05 Å². The van der Waals surface area contributed by atoms with Crippen molar-refractivity contribution in [3.05, 3.63) is 120 Å². The van der Waals surface area contributed by atoms with Gasteiger partial charge in [-0.3, -0.25) is 0 Å². The summed E-state index contributed by atoms with van der Waals surface area (Å²) in [5.74, 6) is 1.70. The van der Waals surface area contributed by atoms with Gasteiger partial charge < -0.3 is 34.5 Å². The number of sulfone groups is 1. The summed E-state index contributed by atoms with van der Waals surface area (Å²) in [5.41, 5.74) is 8.68. The first-order valence-corrected chi connectivity index (χ1v) is 24.0. The van der Waals surface area contributed by atoms with Gasteiger partial charge in [-0.2, -0.15) is 9.10 Å². The van der Waals surface area contributed by atoms with Gasteiger partial charge in [0.05, 0.1) is 54.6 Å². The molecule has 3 N–H and O–H groups in total. The summed E-state index contributed by atoms with van der Waals surface area (Å²) in [4.78, 5) is 18.3. The zero-order chi connectivity index (χ0) is 48.4. The summed E-state index contributed by atoms with van der Waals surface area (Å²) >= 11 is 0. The number of tetrazole rings is 1. The number of benzene rings is 5. The second-order valence-corrected chi connectivity index (χ2v) is 21.1. The number of aryl methyl sites for hydroxylation is 1. The van der Waals surface area contributed by atoms with Crippen LogP contribution >= 0.6 is 0 Å². The van der Waals surface area contributed by atoms with Gasteiger partial charge in [-0.05, 0) is 104 Å². The molecule has 18 nitrogen and oxygen atoms in total. The van der Waals surface area contributed by atoms with Crippen molar-refractivity contribution < 1.29 is 40.9 Å². The van der Waals surface area contributed by atoms with E-state index in [1.165, 1.54) is 42.4 Å². The second kappa shape index (κ2) is 19.1. The number of amides is 1. The summed E-state index contributed by atoms with van der Waals surface area (Å²) in [6.45, 7) is 5.46. The highest BCUT2D eigenvalue weighted by Crippen LogP contribution is 2.44. The SMILES string of the molecule is COc1ccc(CN(Cc2ccc(OC)cc2)S(=O)(=O)c2c(S(=O)(=O)[C@@H](C)CN(C(=O)O)C(C)(C)C)ccc(-c3cccc4c3nc(N)n4C)c2-c2nnn(Cc3ccc(OC)cc3)n2)cc1. The first kappa shape index (κ1) is 47.9. The van der Waals surface area contributed by atoms with Gasteiger partial charge in [-0.25, -0.2) is 26.6 Å². The minimum Gasteiger partial charge on any atom is -0.497 e. The van der Waals surface area contributed by atoms with Crippen molar-refractivity contribution in [1.82, 2.24) is 39.0 Å². The fourth-order valence-corrected chi connectivity index (χ4v) is 11.4. The minimum absolute atomic E-state index is 0.106. The highest BCUT2D eigenvalue weighted by atomic mass is 32.2. The molecule has 0 saturated heterocycles. The van der Waals surface area contributed by atoms with Crippen molar-refractivity contribution in [1.29, 1.82) is 0 Å². The molecule has 67 heavy (non-hydrogen) atoms. The number of carboxylic acid groups (broad SMARTS) is 1. The number of sulfonamides is 1. The van der Waals surface area contributed by atoms with E-state index in [0.29, 0.717) is 45.0 Å². The molecule has 0 bridgehead atoms. The number of nitrogens with two attached hydrogens (primary N) is 1. The highest BCUT2D eigenvalue weighted by Gasteiger charge is 2.41. The van der Waals surface area contributed by atoms with Crippen LogP contribution in [0.4, 0.5) is 10.7 Å². The number of fused-ring (bicyclic) bond motifs is 1. The maximum absolute atomic E-state index is 16.2. The molecule has 1 amide bonds. The van der Waals surface area contributed by atoms with Gasteiger partial charge in [0.25, 0.3) is 0 Å². The Hall–Kier alpha value is -7.03. The van der Waals surface area contributed by atoms with Crippen molar-refractivity contribution in [3.8, 4) is 39.8 Å². The summed E-state index contributed by atoms with van der Waals surface area (Å²) < 4.78 is 82.0. The fraction of sp³-hybridized carbons (Fsp3) is 0.298. The van der Waals surface area contributed by atoms with Gasteiger partial charge in [0, 0.05) is 37.8 Å². The first-order valence-electron chi connectivity index (χ1n) is 21.1. The minimum atomic E-state index is -4.99. The molecule has 0 fully saturated rings. The van der Waals surface area contributed by atoms with Gasteiger partial charge in [0.15, 0.2) is 9.84 Å². The second-order valence-electron chi connectivity index (χ2n) is 16.9. The molecule has 0 spiro atoms. The Morgan fingerprint density at radius 1 is 0.776 bits per heavy atom. The number of hydrogen-bond acceptors (Lipinski definition) is 13. The standard InChI is InChI=1S/C47H53N9O9S2/c1-30(26-55(46(57)58)47(2,3)4)66(59,60)40-25-24-37(38-10-9-11-39-42(38)49-45(48)53(39)5)41(44-50-52-56(51-44)29-33-16-22-36(65-8)23-17-33)43(40)67(61,62)54(27-31-12-18-34(63-6)19-13-31)28-32-14-20-35(64-7)21-15-32/h9-25,30H,26-29H2,1-8H3,(H2,48,49)(H,57,58)/t30-/m0/s1. The lowest BCUT2D eigenvalue weighted by Gasteiger charge is -2.35. The summed E-state index contributed by atoms with van der Waals surface area (Å²) in [5, 5.41) is 22.3. The summed E-state index contributed by atoms with van der Waals surface area (Å²) in [6.07, 6.45) is -1.34. The van der Waals surface area contributed by atoms with Crippen LogP contribution in [0.5, 0.6) is 17.2 Å². The quantitative estimate of drug-likeness (QED) is 0.0949. The topological polar surface area (TPSA) is 227 Å². The molecule has 7 rings (SSSR count). The van der Waals surface area contributed by atoms with Crippen LogP contribution in [0.1, 0.15) is 44.4 Å². The smallest absolute Gasteiger partial charge is 0.407 e. The number of imidazole rings is 1. The number of nitrogens with zero attached hydrogens (tertiary/aromatic N) is 8. The third-order valence-corrected chi connectivity index (χ3v) is 15.6. The van der Waals surface area contributed by atoms with Crippen LogP contribution in [-0.4, -0.2) is 106 Å². The molecule has 0 saturated carbocycles. The monoisotopic (exact) mass is 951 g/mol. The molecule has 2 aromatic heterocycles. The Morgan fingerprint density at radius 3 is 1.82 bits per heavy atom. The van der Waals surface area contributed by atoms with E-state index < -0.39 is 53.1 Å². The van der Waals surface area contributed by atoms with E-state index in [9.17, 15) is 9.90 Å². The number of carbonyl (C=O) groups is 1. The Kier molecular flexibility index (Phi) is 13.6. The molecule has 1 atom stereocenters. The predicted molar refractivity (Wildman–Crippen MR) is 253 cm³/mol. The maximum atomic E-state index is 16.2. The molecule has 0 radical (unpaired) electrons. The van der Waals surface area contributed by atoms with Crippen LogP contribution in [-0.2, 0) is 46.5 Å². The number of hydrogen-bond donors (Lipinski definition) is 2. The maximum Gasteiger partial charge on any atom is 0.407 e. The number of ether oxygens (including phenoxy) is 3. The largest absolute Gasteiger partial charge is 0.497 e. The third-order valence-electron chi connectivity index (χ3n) is 11.5. The van der Waals surface area contributed by atoms with Gasteiger partial charge in [-0.1, -0.05) is 54.6 Å². The van der Waals surface area contributed by atoms with E-state index in [4.69, 9.17) is 25.0 Å². The Morgan fingerprint density at radius 2 is 1.31 bits per heavy atom. The molecule has 0 unspecified atom stereocenters. The molecule has 20 heteroatoms. The van der Waals surface area contributed by atoms with E-state index in [1.54, 1.807) is 118 Å². The third kappa shape index (κ3) is 9.91. The first-order chi connectivity index (χ1) is 31.8. The van der Waals surface area contributed by atoms with Gasteiger partial charge in [-0.15, -0.1) is 10.2 Å². The number of nitrogen functional groups attached to an aromatic ring is 1. The van der Waals surface area contributed by atoms with Gasteiger partial charge >= 0.3 is 6.09 Å². The van der Waals surface area contributed by atoms with Crippen LogP contribution in [0.3, 0.4) is 0 Å². The Balaban J connectivity index is 1.55. The average molecular weight is 952 g/mol. The lowest BCUT2D eigenvalue weighted by molar-refractivity contribution is 0.101. The van der Waals surface area contributed by atoms with E-state index in [0.717, 1.165) is 10.5 Å². The number of anilines is 1. The Bertz CT molecular complexity index is 3080. The molecule has 352 valence electrons. The van der Waals surface area contributed by atoms with Crippen molar-refractivity contribution in [2.75, 3.05) is 33.6 Å². The lowest BCUT2D eigenvalue weighted by atomic mass is 9.98. The Labute approximate surface area is 389 Å². The number of aromatic nitrogens is 6. The fourth-order valence-electron chi connectivity index (χ4n) is 7.68. The van der Waals surface area contributed by atoms with E-state index in [2.05, 4.69) is 15.3 Å². The molecule has 0 aliphatic carbocycles. The summed E-state index contributed by atoms with van der Waals surface area (Å²) in [6, 6.07) is 28.9.